The fourth-order valence-corrected chi connectivity index (χ4v) is 1.90. The minimum atomic E-state index is -0.493. The first kappa shape index (κ1) is 14.3. The van der Waals surface area contributed by atoms with Gasteiger partial charge >= 0.3 is 5.69 Å². The van der Waals surface area contributed by atoms with E-state index in [0.29, 0.717) is 6.54 Å². The Morgan fingerprint density at radius 2 is 2.30 bits per heavy atom. The molecular weight excluding hydrogens is 282 g/mol. The van der Waals surface area contributed by atoms with Gasteiger partial charge < -0.3 is 9.88 Å². The summed E-state index contributed by atoms with van der Waals surface area (Å²) in [5.74, 6) is 0.252. The highest BCUT2D eigenvalue weighted by atomic mass is 35.5. The fourth-order valence-electron chi connectivity index (χ4n) is 1.75. The van der Waals surface area contributed by atoms with Gasteiger partial charge in [-0.25, -0.2) is 9.97 Å². The van der Waals surface area contributed by atoms with E-state index in [2.05, 4.69) is 15.3 Å². The average Bonchev–Trinajstić information content (AvgIpc) is 2.92. The van der Waals surface area contributed by atoms with E-state index in [1.807, 2.05) is 10.8 Å². The van der Waals surface area contributed by atoms with Crippen molar-refractivity contribution in [3.8, 4) is 0 Å². The van der Waals surface area contributed by atoms with Crippen LogP contribution in [0.5, 0.6) is 0 Å². The standard InChI is InChI=1S/C12H14ClN5O2/c13-10-7-11(18(19)20)12(16-8-10)15-3-1-2-5-17-6-4-14-9-17/h4,6-9H,1-3,5H2,(H,15,16). The number of aromatic nitrogens is 3. The minimum Gasteiger partial charge on any atom is -0.364 e. The van der Waals surface area contributed by atoms with Crippen LogP contribution in [0.3, 0.4) is 0 Å². The van der Waals surface area contributed by atoms with Crippen LogP contribution in [0.4, 0.5) is 11.5 Å². The molecule has 106 valence electrons. The number of halogens is 1. The Kier molecular flexibility index (Phi) is 4.89. The number of nitro groups is 1. The van der Waals surface area contributed by atoms with Gasteiger partial charge in [-0.1, -0.05) is 11.6 Å². The number of hydrogen-bond acceptors (Lipinski definition) is 5. The zero-order chi connectivity index (χ0) is 14.4. The third-order valence-corrected chi connectivity index (χ3v) is 2.93. The molecule has 0 aliphatic rings. The van der Waals surface area contributed by atoms with E-state index in [1.54, 1.807) is 12.5 Å². The highest BCUT2D eigenvalue weighted by molar-refractivity contribution is 6.30. The summed E-state index contributed by atoms with van der Waals surface area (Å²) < 4.78 is 1.99. The molecule has 0 aliphatic carbocycles. The molecule has 0 aliphatic heterocycles. The summed E-state index contributed by atoms with van der Waals surface area (Å²) >= 11 is 5.70. The number of nitrogens with zero attached hydrogens (tertiary/aromatic N) is 4. The Bertz CT molecular complexity index is 573. The molecule has 0 bridgehead atoms. The number of pyridine rings is 1. The van der Waals surface area contributed by atoms with Gasteiger partial charge in [-0.2, -0.15) is 0 Å². The monoisotopic (exact) mass is 295 g/mol. The van der Waals surface area contributed by atoms with Crippen LogP contribution in [0, 0.1) is 10.1 Å². The molecular formula is C12H14ClN5O2. The Labute approximate surface area is 120 Å². The zero-order valence-corrected chi connectivity index (χ0v) is 11.5. The van der Waals surface area contributed by atoms with Gasteiger partial charge in [0.15, 0.2) is 0 Å². The number of anilines is 1. The van der Waals surface area contributed by atoms with Crippen molar-refractivity contribution < 1.29 is 4.92 Å². The lowest BCUT2D eigenvalue weighted by Gasteiger charge is -2.06. The van der Waals surface area contributed by atoms with Crippen LogP contribution in [0.15, 0.2) is 31.0 Å². The van der Waals surface area contributed by atoms with Gasteiger partial charge in [-0.05, 0) is 12.8 Å². The first-order valence-electron chi connectivity index (χ1n) is 6.16. The van der Waals surface area contributed by atoms with Crippen molar-refractivity contribution in [1.82, 2.24) is 14.5 Å². The van der Waals surface area contributed by atoms with Gasteiger partial charge in [0.05, 0.1) is 16.3 Å². The molecule has 0 spiro atoms. The van der Waals surface area contributed by atoms with Crippen molar-refractivity contribution in [3.63, 3.8) is 0 Å². The second kappa shape index (κ2) is 6.85. The second-order valence-electron chi connectivity index (χ2n) is 4.21. The smallest absolute Gasteiger partial charge is 0.312 e. The Morgan fingerprint density at radius 1 is 1.45 bits per heavy atom. The molecule has 0 atom stereocenters. The SMILES string of the molecule is O=[N+]([O-])c1cc(Cl)cnc1NCCCCn1ccnc1. The Hall–Kier alpha value is -2.15. The van der Waals surface area contributed by atoms with Gasteiger partial charge in [0.25, 0.3) is 0 Å². The van der Waals surface area contributed by atoms with Crippen molar-refractivity contribution in [3.05, 3.63) is 46.1 Å². The van der Waals surface area contributed by atoms with E-state index >= 15 is 0 Å². The molecule has 0 fully saturated rings. The van der Waals surface area contributed by atoms with Crippen molar-refractivity contribution >= 4 is 23.1 Å². The Morgan fingerprint density at radius 3 is 3.00 bits per heavy atom. The summed E-state index contributed by atoms with van der Waals surface area (Å²) in [7, 11) is 0. The first-order valence-corrected chi connectivity index (χ1v) is 6.54. The molecule has 2 aromatic heterocycles. The van der Waals surface area contributed by atoms with E-state index in [-0.39, 0.29) is 16.5 Å². The van der Waals surface area contributed by atoms with Crippen molar-refractivity contribution in [2.24, 2.45) is 0 Å². The highest BCUT2D eigenvalue weighted by Crippen LogP contribution is 2.24. The quantitative estimate of drug-likeness (QED) is 0.482. The fraction of sp³-hybridized carbons (Fsp3) is 0.333. The lowest BCUT2D eigenvalue weighted by molar-refractivity contribution is -0.384. The predicted octanol–water partition coefficient (Wildman–Crippen LogP) is 2.73. The number of hydrogen-bond donors (Lipinski definition) is 1. The van der Waals surface area contributed by atoms with Crippen LogP contribution < -0.4 is 5.32 Å². The number of rotatable bonds is 7. The second-order valence-corrected chi connectivity index (χ2v) is 4.65. The number of unbranched alkanes of at least 4 members (excludes halogenated alkanes) is 1. The van der Waals surface area contributed by atoms with Crippen LogP contribution in [-0.4, -0.2) is 26.0 Å². The third-order valence-electron chi connectivity index (χ3n) is 2.73. The maximum Gasteiger partial charge on any atom is 0.312 e. The maximum atomic E-state index is 10.9. The van der Waals surface area contributed by atoms with E-state index in [9.17, 15) is 10.1 Å². The summed E-state index contributed by atoms with van der Waals surface area (Å²) in [5, 5.41) is 14.1. The largest absolute Gasteiger partial charge is 0.364 e. The molecule has 7 nitrogen and oxygen atoms in total. The zero-order valence-electron chi connectivity index (χ0n) is 10.7. The number of nitrogens with one attached hydrogen (secondary N) is 1. The lowest BCUT2D eigenvalue weighted by atomic mass is 10.3. The molecule has 20 heavy (non-hydrogen) atoms. The molecule has 8 heteroatoms. The summed E-state index contributed by atoms with van der Waals surface area (Å²) in [4.78, 5) is 18.3. The van der Waals surface area contributed by atoms with Crippen LogP contribution in [0.1, 0.15) is 12.8 Å². The van der Waals surface area contributed by atoms with Crippen LogP contribution >= 0.6 is 11.6 Å². The first-order chi connectivity index (χ1) is 9.66. The molecule has 0 radical (unpaired) electrons. The van der Waals surface area contributed by atoms with E-state index in [1.165, 1.54) is 12.3 Å². The normalized spacial score (nSPS) is 10.4. The van der Waals surface area contributed by atoms with Gasteiger partial charge in [0, 0.05) is 37.7 Å². The molecule has 2 aromatic rings. The molecule has 0 aromatic carbocycles. The van der Waals surface area contributed by atoms with Crippen LogP contribution in [0.2, 0.25) is 5.02 Å². The topological polar surface area (TPSA) is 85.9 Å². The highest BCUT2D eigenvalue weighted by Gasteiger charge is 2.15. The summed E-state index contributed by atoms with van der Waals surface area (Å²) in [6, 6.07) is 1.29. The van der Waals surface area contributed by atoms with Gasteiger partial charge in [-0.15, -0.1) is 0 Å². The number of aryl methyl sites for hydroxylation is 1. The molecule has 0 saturated carbocycles. The summed E-state index contributed by atoms with van der Waals surface area (Å²) in [5.41, 5.74) is -0.105. The average molecular weight is 296 g/mol. The van der Waals surface area contributed by atoms with E-state index < -0.39 is 4.92 Å². The van der Waals surface area contributed by atoms with Crippen molar-refractivity contribution in [2.45, 2.75) is 19.4 Å². The summed E-state index contributed by atoms with van der Waals surface area (Å²) in [6.07, 6.45) is 8.62. The molecule has 0 unspecified atom stereocenters. The number of imidazole rings is 1. The minimum absolute atomic E-state index is 0.105. The van der Waals surface area contributed by atoms with Crippen molar-refractivity contribution in [1.29, 1.82) is 0 Å². The molecule has 2 rings (SSSR count). The predicted molar refractivity (Wildman–Crippen MR) is 75.9 cm³/mol. The van der Waals surface area contributed by atoms with Gasteiger partial charge in [0.2, 0.25) is 5.82 Å². The van der Waals surface area contributed by atoms with Gasteiger partial charge in [0.1, 0.15) is 0 Å². The molecule has 1 N–H and O–H groups in total. The molecule has 0 amide bonds. The molecule has 2 heterocycles. The maximum absolute atomic E-state index is 10.9. The lowest BCUT2D eigenvalue weighted by Crippen LogP contribution is -2.07. The van der Waals surface area contributed by atoms with E-state index in [0.717, 1.165) is 19.4 Å². The van der Waals surface area contributed by atoms with Crippen LogP contribution in [0.25, 0.3) is 0 Å². The van der Waals surface area contributed by atoms with Gasteiger partial charge in [-0.3, -0.25) is 10.1 Å². The van der Waals surface area contributed by atoms with Crippen molar-refractivity contribution in [2.75, 3.05) is 11.9 Å². The molecule has 0 saturated heterocycles. The summed E-state index contributed by atoms with van der Waals surface area (Å²) in [6.45, 7) is 1.49. The Balaban J connectivity index is 1.80. The van der Waals surface area contributed by atoms with E-state index in [4.69, 9.17) is 11.6 Å². The van der Waals surface area contributed by atoms with Crippen LogP contribution in [-0.2, 0) is 6.54 Å². The third kappa shape index (κ3) is 3.92.